The summed E-state index contributed by atoms with van der Waals surface area (Å²) in [6.07, 6.45) is 4.29. The van der Waals surface area contributed by atoms with Crippen LogP contribution in [0.2, 0.25) is 0 Å². The van der Waals surface area contributed by atoms with Crippen molar-refractivity contribution in [2.45, 2.75) is 76.9 Å². The molecule has 2 aromatic heterocycles. The monoisotopic (exact) mass is 397 g/mol. The summed E-state index contributed by atoms with van der Waals surface area (Å²) in [5, 5.41) is 16.9. The number of hydrogen-bond donors (Lipinski definition) is 1. The van der Waals surface area contributed by atoms with Crippen LogP contribution in [-0.4, -0.2) is 55.0 Å². The predicted molar refractivity (Wildman–Crippen MR) is 109 cm³/mol. The molecule has 0 spiro atoms. The molecular formula is C21H31N7O. The van der Waals surface area contributed by atoms with E-state index in [1.54, 1.807) is 0 Å². The van der Waals surface area contributed by atoms with Crippen LogP contribution in [0.15, 0.2) is 6.07 Å². The lowest BCUT2D eigenvalue weighted by molar-refractivity contribution is 0.0702. The Morgan fingerprint density at radius 2 is 1.83 bits per heavy atom. The van der Waals surface area contributed by atoms with E-state index in [1.165, 1.54) is 18.5 Å². The fourth-order valence-corrected chi connectivity index (χ4v) is 4.63. The normalized spacial score (nSPS) is 20.7. The zero-order valence-corrected chi connectivity index (χ0v) is 17.7. The number of likely N-dealkylation sites (tertiary alicyclic amines) is 1. The van der Waals surface area contributed by atoms with Gasteiger partial charge in [-0.25, -0.2) is 0 Å². The third-order valence-corrected chi connectivity index (χ3v) is 6.39. The summed E-state index contributed by atoms with van der Waals surface area (Å²) >= 11 is 0. The number of nitrogens with zero attached hydrogens (tertiary/aromatic N) is 6. The van der Waals surface area contributed by atoms with Crippen LogP contribution in [0, 0.1) is 0 Å². The molecule has 8 nitrogen and oxygen atoms in total. The second-order valence-electron chi connectivity index (χ2n) is 9.68. The van der Waals surface area contributed by atoms with Gasteiger partial charge in [-0.15, -0.1) is 10.2 Å². The number of amides is 1. The van der Waals surface area contributed by atoms with Gasteiger partial charge < -0.3 is 14.8 Å². The third-order valence-electron chi connectivity index (χ3n) is 6.39. The van der Waals surface area contributed by atoms with Crippen molar-refractivity contribution < 1.29 is 4.79 Å². The first kappa shape index (κ1) is 18.8. The van der Waals surface area contributed by atoms with Crippen molar-refractivity contribution in [3.8, 4) is 0 Å². The molecule has 1 saturated carbocycles. The SMILES string of the molecule is CC(C)(C)n1nc(C(=O)N2CCC(c3nnc4n3CCNC4)CC2)cc1C1CC1. The van der Waals surface area contributed by atoms with Gasteiger partial charge in [-0.05, 0) is 52.5 Å². The first-order valence-electron chi connectivity index (χ1n) is 10.9. The van der Waals surface area contributed by atoms with Crippen molar-refractivity contribution in [3.63, 3.8) is 0 Å². The van der Waals surface area contributed by atoms with Crippen LogP contribution in [0.4, 0.5) is 0 Å². The maximum Gasteiger partial charge on any atom is 0.274 e. The predicted octanol–water partition coefficient (Wildman–Crippen LogP) is 2.23. The second-order valence-corrected chi connectivity index (χ2v) is 9.68. The number of carbonyl (C=O) groups is 1. The minimum absolute atomic E-state index is 0.0702. The minimum Gasteiger partial charge on any atom is -0.337 e. The molecule has 3 aliphatic rings. The van der Waals surface area contributed by atoms with Crippen molar-refractivity contribution in [1.82, 2.24) is 34.8 Å². The molecule has 0 radical (unpaired) electrons. The molecule has 156 valence electrons. The summed E-state index contributed by atoms with van der Waals surface area (Å²) in [7, 11) is 0. The van der Waals surface area contributed by atoms with Crippen LogP contribution in [0.3, 0.4) is 0 Å². The van der Waals surface area contributed by atoms with Gasteiger partial charge in [-0.1, -0.05) is 0 Å². The van der Waals surface area contributed by atoms with Crippen LogP contribution in [0.1, 0.15) is 86.1 Å². The minimum atomic E-state index is -0.106. The maximum absolute atomic E-state index is 13.2. The molecule has 0 unspecified atom stereocenters. The van der Waals surface area contributed by atoms with Crippen molar-refractivity contribution in [3.05, 3.63) is 29.1 Å². The van der Waals surface area contributed by atoms with Crippen LogP contribution in [0.25, 0.3) is 0 Å². The average molecular weight is 398 g/mol. The van der Waals surface area contributed by atoms with Crippen LogP contribution < -0.4 is 5.32 Å². The van der Waals surface area contributed by atoms with E-state index in [-0.39, 0.29) is 11.4 Å². The van der Waals surface area contributed by atoms with E-state index in [4.69, 9.17) is 5.10 Å². The van der Waals surface area contributed by atoms with Gasteiger partial charge in [-0.2, -0.15) is 5.10 Å². The van der Waals surface area contributed by atoms with Crippen LogP contribution >= 0.6 is 0 Å². The number of carbonyl (C=O) groups excluding carboxylic acids is 1. The number of fused-ring (bicyclic) bond motifs is 1. The Bertz CT molecular complexity index is 910. The second kappa shape index (κ2) is 6.93. The van der Waals surface area contributed by atoms with Gasteiger partial charge in [0, 0.05) is 43.7 Å². The summed E-state index contributed by atoms with van der Waals surface area (Å²) in [6.45, 7) is 10.7. The van der Waals surface area contributed by atoms with E-state index in [0.29, 0.717) is 17.5 Å². The number of rotatable bonds is 3. The molecule has 1 N–H and O–H groups in total. The van der Waals surface area contributed by atoms with E-state index in [2.05, 4.69) is 45.5 Å². The van der Waals surface area contributed by atoms with Gasteiger partial charge in [0.1, 0.15) is 11.6 Å². The zero-order chi connectivity index (χ0) is 20.2. The Morgan fingerprint density at radius 1 is 1.07 bits per heavy atom. The summed E-state index contributed by atoms with van der Waals surface area (Å²) < 4.78 is 4.34. The lowest BCUT2D eigenvalue weighted by Crippen LogP contribution is -2.39. The molecule has 1 saturated heterocycles. The molecule has 8 heteroatoms. The lowest BCUT2D eigenvalue weighted by atomic mass is 9.95. The lowest BCUT2D eigenvalue weighted by Gasteiger charge is -2.31. The molecule has 0 aromatic carbocycles. The highest BCUT2D eigenvalue weighted by Crippen LogP contribution is 2.42. The van der Waals surface area contributed by atoms with Crippen molar-refractivity contribution in [1.29, 1.82) is 0 Å². The summed E-state index contributed by atoms with van der Waals surface area (Å²) in [5.74, 6) is 3.16. The maximum atomic E-state index is 13.2. The number of nitrogens with one attached hydrogen (secondary N) is 1. The quantitative estimate of drug-likeness (QED) is 0.859. The summed E-state index contributed by atoms with van der Waals surface area (Å²) in [4.78, 5) is 15.1. The molecule has 29 heavy (non-hydrogen) atoms. The Kier molecular flexibility index (Phi) is 4.49. The van der Waals surface area contributed by atoms with Crippen LogP contribution in [-0.2, 0) is 18.6 Å². The first-order valence-corrected chi connectivity index (χ1v) is 10.9. The van der Waals surface area contributed by atoms with Crippen LogP contribution in [0.5, 0.6) is 0 Å². The molecule has 2 aromatic rings. The van der Waals surface area contributed by atoms with Crippen molar-refractivity contribution in [2.24, 2.45) is 0 Å². The van der Waals surface area contributed by atoms with Gasteiger partial charge in [0.05, 0.1) is 12.1 Å². The fourth-order valence-electron chi connectivity index (χ4n) is 4.63. The van der Waals surface area contributed by atoms with Gasteiger partial charge in [-0.3, -0.25) is 9.48 Å². The number of piperidine rings is 1. The number of hydrogen-bond acceptors (Lipinski definition) is 5. The molecule has 2 fully saturated rings. The largest absolute Gasteiger partial charge is 0.337 e. The molecule has 0 atom stereocenters. The van der Waals surface area contributed by atoms with Crippen molar-refractivity contribution in [2.75, 3.05) is 19.6 Å². The molecular weight excluding hydrogens is 366 g/mol. The third kappa shape index (κ3) is 3.47. The Labute approximate surface area is 171 Å². The fraction of sp³-hybridized carbons (Fsp3) is 0.714. The molecule has 2 aliphatic heterocycles. The standard InChI is InChI=1S/C21H31N7O/c1-21(2,3)28-17(14-4-5-14)12-16(25-28)20(29)26-9-6-15(7-10-26)19-24-23-18-13-22-8-11-27(18)19/h12,14-15,22H,4-11,13H2,1-3H3. The van der Waals surface area contributed by atoms with Gasteiger partial charge in [0.15, 0.2) is 5.69 Å². The zero-order valence-electron chi connectivity index (χ0n) is 17.7. The Balaban J connectivity index is 1.29. The molecule has 1 amide bonds. The van der Waals surface area contributed by atoms with E-state index in [9.17, 15) is 4.79 Å². The highest BCUT2D eigenvalue weighted by molar-refractivity contribution is 5.92. The average Bonchev–Trinajstić information content (AvgIpc) is 3.30. The number of aromatic nitrogens is 5. The topological polar surface area (TPSA) is 80.9 Å². The highest BCUT2D eigenvalue weighted by Gasteiger charge is 2.34. The van der Waals surface area contributed by atoms with E-state index in [0.717, 1.165) is 57.2 Å². The van der Waals surface area contributed by atoms with Gasteiger partial charge in [0.25, 0.3) is 5.91 Å². The molecule has 0 bridgehead atoms. The molecule has 1 aliphatic carbocycles. The van der Waals surface area contributed by atoms with Gasteiger partial charge >= 0.3 is 0 Å². The molecule has 5 rings (SSSR count). The Hall–Kier alpha value is -2.22. The smallest absolute Gasteiger partial charge is 0.274 e. The van der Waals surface area contributed by atoms with E-state index < -0.39 is 0 Å². The Morgan fingerprint density at radius 3 is 2.52 bits per heavy atom. The summed E-state index contributed by atoms with van der Waals surface area (Å²) in [6, 6.07) is 2.04. The van der Waals surface area contributed by atoms with Gasteiger partial charge in [0.2, 0.25) is 0 Å². The molecule has 4 heterocycles. The van der Waals surface area contributed by atoms with E-state index >= 15 is 0 Å². The van der Waals surface area contributed by atoms with Crippen molar-refractivity contribution >= 4 is 5.91 Å². The summed E-state index contributed by atoms with van der Waals surface area (Å²) in [5.41, 5.74) is 1.72. The first-order chi connectivity index (χ1) is 13.9. The highest BCUT2D eigenvalue weighted by atomic mass is 16.2. The van der Waals surface area contributed by atoms with E-state index in [1.807, 2.05) is 11.0 Å².